The fourth-order valence-electron chi connectivity index (χ4n) is 2.79. The number of benzene rings is 2. The Morgan fingerprint density at radius 1 is 0.875 bits per heavy atom. The van der Waals surface area contributed by atoms with Gasteiger partial charge in [0, 0.05) is 0 Å². The number of fused-ring (bicyclic) bond motifs is 1. The maximum Gasteiger partial charge on any atom is -0.00226 e. The average Bonchev–Trinajstić information content (AvgIpc) is 2.77. The van der Waals surface area contributed by atoms with Gasteiger partial charge in [0.2, 0.25) is 0 Å². The molecule has 2 aromatic rings. The van der Waals surface area contributed by atoms with E-state index in [9.17, 15) is 0 Å². The highest BCUT2D eigenvalue weighted by atomic mass is 32.3. The second kappa shape index (κ2) is 3.81. The molecule has 3 rings (SSSR count). The van der Waals surface area contributed by atoms with Crippen molar-refractivity contribution < 1.29 is 0 Å². The Morgan fingerprint density at radius 2 is 1.56 bits per heavy atom. The molecule has 0 atom stereocenters. The van der Waals surface area contributed by atoms with E-state index in [1.54, 1.807) is 4.90 Å². The Bertz CT molecular complexity index is 504. The molecular formula is C15H18S. The van der Waals surface area contributed by atoms with Gasteiger partial charge in [-0.25, -0.2) is 10.0 Å². The van der Waals surface area contributed by atoms with Gasteiger partial charge in [-0.3, -0.25) is 0 Å². The van der Waals surface area contributed by atoms with Crippen LogP contribution in [-0.2, 0) is 0 Å². The van der Waals surface area contributed by atoms with E-state index in [1.807, 2.05) is 0 Å². The number of hydrogen-bond donors (Lipinski definition) is 0. The molecule has 2 aromatic carbocycles. The fraction of sp³-hybridized carbons (Fsp3) is 0.333. The van der Waals surface area contributed by atoms with Crippen molar-refractivity contribution in [3.8, 4) is 0 Å². The minimum Gasteiger partial charge on any atom is -0.217 e. The Hall–Kier alpha value is -0.950. The van der Waals surface area contributed by atoms with Gasteiger partial charge in [0.05, 0.1) is 0 Å². The summed E-state index contributed by atoms with van der Waals surface area (Å²) in [6.07, 6.45) is 5.37. The predicted octanol–water partition coefficient (Wildman–Crippen LogP) is 4.43. The molecule has 16 heavy (non-hydrogen) atoms. The highest BCUT2D eigenvalue weighted by Gasteiger charge is 2.26. The Kier molecular flexibility index (Phi) is 2.44. The second-order valence-electron chi connectivity index (χ2n) is 4.87. The zero-order valence-electron chi connectivity index (χ0n) is 9.78. The van der Waals surface area contributed by atoms with E-state index < -0.39 is 10.0 Å². The van der Waals surface area contributed by atoms with Crippen LogP contribution in [0.25, 0.3) is 10.8 Å². The molecule has 1 heterocycles. The van der Waals surface area contributed by atoms with Crippen LogP contribution in [0, 0.1) is 0 Å². The van der Waals surface area contributed by atoms with Gasteiger partial charge in [-0.15, -0.1) is 0 Å². The molecule has 1 heteroatoms. The summed E-state index contributed by atoms with van der Waals surface area (Å²) in [5, 5.41) is 2.89. The molecule has 1 saturated heterocycles. The molecule has 0 nitrogen and oxygen atoms in total. The molecule has 0 aromatic heterocycles. The van der Waals surface area contributed by atoms with E-state index in [4.69, 9.17) is 0 Å². The van der Waals surface area contributed by atoms with Gasteiger partial charge in [-0.05, 0) is 52.3 Å². The van der Waals surface area contributed by atoms with Crippen LogP contribution in [0.1, 0.15) is 12.8 Å². The first-order valence-electron chi connectivity index (χ1n) is 6.01. The maximum absolute atomic E-state index is 2.52. The summed E-state index contributed by atoms with van der Waals surface area (Å²) >= 11 is 0. The van der Waals surface area contributed by atoms with E-state index in [1.165, 1.54) is 35.1 Å². The van der Waals surface area contributed by atoms with Crippen LogP contribution in [0.5, 0.6) is 0 Å². The quantitative estimate of drug-likeness (QED) is 0.680. The molecule has 0 saturated carbocycles. The number of hydrogen-bond acceptors (Lipinski definition) is 0. The van der Waals surface area contributed by atoms with Crippen molar-refractivity contribution >= 4 is 20.8 Å². The van der Waals surface area contributed by atoms with Gasteiger partial charge < -0.3 is 0 Å². The van der Waals surface area contributed by atoms with Crippen LogP contribution in [0.2, 0.25) is 0 Å². The Morgan fingerprint density at radius 3 is 2.38 bits per heavy atom. The number of rotatable bonds is 1. The largest absolute Gasteiger partial charge is 0.217 e. The fourth-order valence-corrected chi connectivity index (χ4v) is 6.24. The third-order valence-corrected chi connectivity index (χ3v) is 7.52. The normalized spacial score (nSPS) is 21.1. The first-order valence-corrected chi connectivity index (χ1v) is 8.39. The summed E-state index contributed by atoms with van der Waals surface area (Å²) in [5.41, 5.74) is 0. The SMILES string of the molecule is CS1(c2cccc3ccccc23)CCCC1. The smallest absolute Gasteiger partial charge is 0.00226 e. The van der Waals surface area contributed by atoms with E-state index in [0.29, 0.717) is 0 Å². The highest BCUT2D eigenvalue weighted by molar-refractivity contribution is 8.33. The zero-order chi connectivity index (χ0) is 11.0. The van der Waals surface area contributed by atoms with Crippen molar-refractivity contribution in [3.63, 3.8) is 0 Å². The molecule has 0 N–H and O–H groups in total. The van der Waals surface area contributed by atoms with Gasteiger partial charge in [0.1, 0.15) is 0 Å². The first-order chi connectivity index (χ1) is 7.80. The van der Waals surface area contributed by atoms with E-state index in [-0.39, 0.29) is 0 Å². The van der Waals surface area contributed by atoms with Crippen LogP contribution in [0.15, 0.2) is 47.4 Å². The summed E-state index contributed by atoms with van der Waals surface area (Å²) in [4.78, 5) is 1.64. The van der Waals surface area contributed by atoms with Crippen molar-refractivity contribution in [3.05, 3.63) is 42.5 Å². The van der Waals surface area contributed by atoms with Crippen LogP contribution in [0.4, 0.5) is 0 Å². The third kappa shape index (κ3) is 1.54. The second-order valence-corrected chi connectivity index (χ2v) is 8.67. The highest BCUT2D eigenvalue weighted by Crippen LogP contribution is 2.59. The van der Waals surface area contributed by atoms with Crippen molar-refractivity contribution in [2.45, 2.75) is 17.7 Å². The zero-order valence-corrected chi connectivity index (χ0v) is 10.6. The lowest BCUT2D eigenvalue weighted by molar-refractivity contribution is 0.949. The standard InChI is InChI=1S/C15H18S/c1-16(11-4-5-12-16)15-10-6-8-13-7-2-3-9-14(13)15/h2-3,6-10H,4-5,11-12H2,1H3. The van der Waals surface area contributed by atoms with Crippen molar-refractivity contribution in [2.24, 2.45) is 0 Å². The van der Waals surface area contributed by atoms with Crippen molar-refractivity contribution in [1.29, 1.82) is 0 Å². The van der Waals surface area contributed by atoms with Crippen LogP contribution in [-0.4, -0.2) is 17.8 Å². The molecule has 1 fully saturated rings. The van der Waals surface area contributed by atoms with Crippen LogP contribution >= 0.6 is 10.0 Å². The molecule has 84 valence electrons. The lowest BCUT2D eigenvalue weighted by Crippen LogP contribution is -2.00. The summed E-state index contributed by atoms with van der Waals surface area (Å²) in [6.45, 7) is 0. The molecule has 1 aliphatic heterocycles. The maximum atomic E-state index is 2.52. The topological polar surface area (TPSA) is 0 Å². The first kappa shape index (κ1) is 10.2. The molecule has 0 aliphatic carbocycles. The predicted molar refractivity (Wildman–Crippen MR) is 74.7 cm³/mol. The molecular weight excluding hydrogens is 212 g/mol. The van der Waals surface area contributed by atoms with Crippen molar-refractivity contribution in [1.82, 2.24) is 0 Å². The lowest BCUT2D eigenvalue weighted by Gasteiger charge is -2.32. The van der Waals surface area contributed by atoms with E-state index in [0.717, 1.165) is 0 Å². The molecule has 0 amide bonds. The molecule has 0 radical (unpaired) electrons. The summed E-state index contributed by atoms with van der Waals surface area (Å²) in [7, 11) is -0.509. The van der Waals surface area contributed by atoms with Crippen LogP contribution < -0.4 is 0 Å². The summed E-state index contributed by atoms with van der Waals surface area (Å²) < 4.78 is 0. The molecule has 0 bridgehead atoms. The average molecular weight is 230 g/mol. The monoisotopic (exact) mass is 230 g/mol. The minimum atomic E-state index is -0.509. The van der Waals surface area contributed by atoms with Gasteiger partial charge in [0.25, 0.3) is 0 Å². The Labute approximate surface area is 99.0 Å². The third-order valence-electron chi connectivity index (χ3n) is 3.72. The molecule has 0 unspecified atom stereocenters. The van der Waals surface area contributed by atoms with Gasteiger partial charge in [-0.1, -0.05) is 36.4 Å². The molecule has 0 spiro atoms. The Balaban J connectivity index is 2.23. The van der Waals surface area contributed by atoms with Gasteiger partial charge in [0.15, 0.2) is 0 Å². The van der Waals surface area contributed by atoms with Crippen molar-refractivity contribution in [2.75, 3.05) is 17.8 Å². The summed E-state index contributed by atoms with van der Waals surface area (Å²) in [5.74, 6) is 2.86. The van der Waals surface area contributed by atoms with Gasteiger partial charge in [-0.2, -0.15) is 0 Å². The van der Waals surface area contributed by atoms with Crippen LogP contribution in [0.3, 0.4) is 0 Å². The van der Waals surface area contributed by atoms with Gasteiger partial charge >= 0.3 is 0 Å². The molecule has 1 aliphatic rings. The summed E-state index contributed by atoms with van der Waals surface area (Å²) in [6, 6.07) is 15.7. The lowest BCUT2D eigenvalue weighted by atomic mass is 10.1. The van der Waals surface area contributed by atoms with E-state index >= 15 is 0 Å². The minimum absolute atomic E-state index is 0.509. The van der Waals surface area contributed by atoms with E-state index in [2.05, 4.69) is 48.7 Å².